The van der Waals surface area contributed by atoms with E-state index >= 15 is 0 Å². The first-order chi connectivity index (χ1) is 14.1. The largest absolute Gasteiger partial charge is 0.298 e. The van der Waals surface area contributed by atoms with Gasteiger partial charge in [-0.05, 0) is 18.3 Å². The van der Waals surface area contributed by atoms with Gasteiger partial charge in [0.15, 0.2) is 5.11 Å². The standard InChI is InChI=1S/C15H10N6O8S/c22-13(8-5-9(19(24)25)7-10(6-8)20(26)27)16-15(30)18-17-14(23)11-3-1-2-4-12(11)21(28)29/h1-7H,(H,17,23)(H2,16,18,22,30). The number of nitrogens with zero attached hydrogens (tertiary/aromatic N) is 3. The summed E-state index contributed by atoms with van der Waals surface area (Å²) in [6.45, 7) is 0. The third-order valence-corrected chi connectivity index (χ3v) is 3.65. The molecule has 2 amide bonds. The van der Waals surface area contributed by atoms with Gasteiger partial charge in [0.05, 0.1) is 26.4 Å². The maximum Gasteiger partial charge on any atom is 0.282 e. The summed E-state index contributed by atoms with van der Waals surface area (Å²) in [6, 6.07) is 7.36. The lowest BCUT2D eigenvalue weighted by molar-refractivity contribution is -0.394. The van der Waals surface area contributed by atoms with Crippen LogP contribution in [-0.2, 0) is 0 Å². The normalized spacial score (nSPS) is 9.87. The molecule has 0 aliphatic carbocycles. The fourth-order valence-electron chi connectivity index (χ4n) is 2.15. The van der Waals surface area contributed by atoms with Crippen LogP contribution in [0.25, 0.3) is 0 Å². The van der Waals surface area contributed by atoms with Crippen LogP contribution in [0.4, 0.5) is 17.1 Å². The quantitative estimate of drug-likeness (QED) is 0.350. The molecule has 0 heterocycles. The van der Waals surface area contributed by atoms with Crippen LogP contribution in [0.3, 0.4) is 0 Å². The van der Waals surface area contributed by atoms with E-state index in [9.17, 15) is 39.9 Å². The van der Waals surface area contributed by atoms with E-state index in [2.05, 4.69) is 10.7 Å². The Balaban J connectivity index is 2.08. The van der Waals surface area contributed by atoms with E-state index < -0.39 is 54.3 Å². The average Bonchev–Trinajstić information content (AvgIpc) is 2.71. The van der Waals surface area contributed by atoms with Crippen molar-refractivity contribution in [3.8, 4) is 0 Å². The SMILES string of the molecule is O=C(NC(=S)NNC(=O)c1ccccc1[N+](=O)[O-])c1cc([N+](=O)[O-])cc([N+](=O)[O-])c1. The van der Waals surface area contributed by atoms with Crippen molar-refractivity contribution in [3.63, 3.8) is 0 Å². The number of nitro groups is 3. The third-order valence-electron chi connectivity index (χ3n) is 3.45. The number of para-hydroxylation sites is 1. The van der Waals surface area contributed by atoms with Gasteiger partial charge in [-0.1, -0.05) is 12.1 Å². The van der Waals surface area contributed by atoms with Crippen LogP contribution < -0.4 is 16.2 Å². The van der Waals surface area contributed by atoms with Gasteiger partial charge in [-0.2, -0.15) is 0 Å². The molecule has 14 nitrogen and oxygen atoms in total. The molecule has 0 unspecified atom stereocenters. The maximum absolute atomic E-state index is 12.2. The predicted molar refractivity (Wildman–Crippen MR) is 104 cm³/mol. The number of nitro benzene ring substituents is 3. The molecule has 2 aromatic rings. The molecular weight excluding hydrogens is 424 g/mol. The van der Waals surface area contributed by atoms with Crippen LogP contribution >= 0.6 is 12.2 Å². The zero-order chi connectivity index (χ0) is 22.4. The Hall–Kier alpha value is -4.53. The third kappa shape index (κ3) is 5.26. The van der Waals surface area contributed by atoms with Gasteiger partial charge < -0.3 is 0 Å². The van der Waals surface area contributed by atoms with Crippen molar-refractivity contribution in [2.45, 2.75) is 0 Å². The van der Waals surface area contributed by atoms with Crippen molar-refractivity contribution >= 4 is 46.2 Å². The summed E-state index contributed by atoms with van der Waals surface area (Å²) < 4.78 is 0. The summed E-state index contributed by atoms with van der Waals surface area (Å²) in [6.07, 6.45) is 0. The molecule has 154 valence electrons. The van der Waals surface area contributed by atoms with Gasteiger partial charge in [0.25, 0.3) is 28.9 Å². The Morgan fingerprint density at radius 2 is 1.37 bits per heavy atom. The molecule has 0 fully saturated rings. The predicted octanol–water partition coefficient (Wildman–Crippen LogP) is 1.36. The van der Waals surface area contributed by atoms with Crippen molar-refractivity contribution in [1.29, 1.82) is 0 Å². The van der Waals surface area contributed by atoms with Gasteiger partial charge in [0.2, 0.25) is 0 Å². The van der Waals surface area contributed by atoms with Crippen molar-refractivity contribution < 1.29 is 24.4 Å². The summed E-state index contributed by atoms with van der Waals surface area (Å²) in [5.41, 5.74) is 1.64. The number of rotatable bonds is 5. The van der Waals surface area contributed by atoms with Crippen LogP contribution in [0.1, 0.15) is 20.7 Å². The zero-order valence-electron chi connectivity index (χ0n) is 14.6. The number of carbonyl (C=O) groups is 2. The molecule has 0 aromatic heterocycles. The lowest BCUT2D eigenvalue weighted by atomic mass is 10.1. The molecule has 0 atom stereocenters. The van der Waals surface area contributed by atoms with Crippen molar-refractivity contribution in [2.24, 2.45) is 0 Å². The van der Waals surface area contributed by atoms with Crippen LogP contribution in [0.15, 0.2) is 42.5 Å². The minimum atomic E-state index is -1.03. The molecule has 30 heavy (non-hydrogen) atoms. The molecular formula is C15H10N6O8S. The summed E-state index contributed by atoms with van der Waals surface area (Å²) in [7, 11) is 0. The Bertz CT molecular complexity index is 1060. The monoisotopic (exact) mass is 434 g/mol. The molecule has 0 aliphatic heterocycles. The number of nitrogens with one attached hydrogen (secondary N) is 3. The second-order valence-corrected chi connectivity index (χ2v) is 5.80. The van der Waals surface area contributed by atoms with Crippen molar-refractivity contribution in [1.82, 2.24) is 16.2 Å². The highest BCUT2D eigenvalue weighted by Crippen LogP contribution is 2.22. The van der Waals surface area contributed by atoms with Gasteiger partial charge in [-0.15, -0.1) is 0 Å². The first kappa shape index (κ1) is 21.8. The topological polar surface area (TPSA) is 200 Å². The molecule has 0 spiro atoms. The Morgan fingerprint density at radius 3 is 1.90 bits per heavy atom. The Labute approximate surface area is 171 Å². The van der Waals surface area contributed by atoms with E-state index in [0.29, 0.717) is 6.07 Å². The number of non-ortho nitro benzene ring substituents is 2. The molecule has 15 heteroatoms. The number of carbonyl (C=O) groups excluding carboxylic acids is 2. The lowest BCUT2D eigenvalue weighted by Crippen LogP contribution is -2.48. The van der Waals surface area contributed by atoms with Crippen LogP contribution in [0, 0.1) is 30.3 Å². The maximum atomic E-state index is 12.2. The van der Waals surface area contributed by atoms with E-state index in [4.69, 9.17) is 12.2 Å². The first-order valence-corrected chi connectivity index (χ1v) is 8.10. The molecule has 0 saturated carbocycles. The molecule has 0 bridgehead atoms. The second kappa shape index (κ2) is 9.11. The van der Waals surface area contributed by atoms with Gasteiger partial charge in [0.1, 0.15) is 5.56 Å². The smallest absolute Gasteiger partial charge is 0.282 e. The summed E-state index contributed by atoms with van der Waals surface area (Å²) in [5.74, 6) is -1.95. The lowest BCUT2D eigenvalue weighted by Gasteiger charge is -2.11. The van der Waals surface area contributed by atoms with E-state index in [1.165, 1.54) is 18.2 Å². The molecule has 2 rings (SSSR count). The van der Waals surface area contributed by atoms with Gasteiger partial charge in [-0.25, -0.2) is 0 Å². The van der Waals surface area contributed by atoms with Crippen molar-refractivity contribution in [3.05, 3.63) is 83.9 Å². The highest BCUT2D eigenvalue weighted by Gasteiger charge is 2.21. The van der Waals surface area contributed by atoms with Gasteiger partial charge in [-0.3, -0.25) is 56.1 Å². The number of amides is 2. The van der Waals surface area contributed by atoms with Crippen LogP contribution in [-0.4, -0.2) is 31.7 Å². The number of thiocarbonyl (C=S) groups is 1. The van der Waals surface area contributed by atoms with Gasteiger partial charge >= 0.3 is 0 Å². The average molecular weight is 434 g/mol. The van der Waals surface area contributed by atoms with E-state index in [1.54, 1.807) is 0 Å². The molecule has 2 aromatic carbocycles. The first-order valence-electron chi connectivity index (χ1n) is 7.69. The molecule has 0 aliphatic rings. The molecule has 3 N–H and O–H groups in total. The number of hydrazine groups is 1. The van der Waals surface area contributed by atoms with E-state index in [1.807, 2.05) is 5.43 Å². The summed E-state index contributed by atoms with van der Waals surface area (Å²) >= 11 is 4.79. The second-order valence-electron chi connectivity index (χ2n) is 5.39. The Kier molecular flexibility index (Phi) is 6.61. The van der Waals surface area contributed by atoms with Crippen molar-refractivity contribution in [2.75, 3.05) is 0 Å². The zero-order valence-corrected chi connectivity index (χ0v) is 15.4. The number of hydrogen-bond donors (Lipinski definition) is 3. The van der Waals surface area contributed by atoms with Crippen LogP contribution in [0.5, 0.6) is 0 Å². The van der Waals surface area contributed by atoms with E-state index in [0.717, 1.165) is 18.2 Å². The highest BCUT2D eigenvalue weighted by atomic mass is 32.1. The fourth-order valence-corrected chi connectivity index (χ4v) is 2.29. The highest BCUT2D eigenvalue weighted by molar-refractivity contribution is 7.80. The minimum Gasteiger partial charge on any atom is -0.298 e. The van der Waals surface area contributed by atoms with Crippen LogP contribution in [0.2, 0.25) is 0 Å². The summed E-state index contributed by atoms with van der Waals surface area (Å²) in [4.78, 5) is 54.4. The molecule has 0 saturated heterocycles. The number of benzene rings is 2. The van der Waals surface area contributed by atoms with E-state index in [-0.39, 0.29) is 5.56 Å². The summed E-state index contributed by atoms with van der Waals surface area (Å²) in [5, 5.41) is 34.3. The minimum absolute atomic E-state index is 0.279. The fraction of sp³-hybridized carbons (Fsp3) is 0. The van der Waals surface area contributed by atoms with Gasteiger partial charge in [0, 0.05) is 18.2 Å². The Morgan fingerprint density at radius 1 is 0.800 bits per heavy atom. The molecule has 0 radical (unpaired) electrons. The number of hydrogen-bond acceptors (Lipinski definition) is 9.